The summed E-state index contributed by atoms with van der Waals surface area (Å²) in [5, 5.41) is 0. The van der Waals surface area contributed by atoms with E-state index in [1.165, 1.54) is 6.59 Å². The topological polar surface area (TPSA) is 35.2 Å². The highest BCUT2D eigenvalue weighted by atomic mass is 31.0. The maximum absolute atomic E-state index is 7.50. The van der Waals surface area contributed by atoms with Gasteiger partial charge in [-0.05, 0) is 12.0 Å². The second kappa shape index (κ2) is 7.18. The van der Waals surface area contributed by atoms with Crippen LogP contribution in [0.1, 0.15) is 5.56 Å². The third kappa shape index (κ3) is 4.91. The van der Waals surface area contributed by atoms with Crippen molar-refractivity contribution in [3.63, 3.8) is 0 Å². The van der Waals surface area contributed by atoms with E-state index in [2.05, 4.69) is 9.12 Å². The van der Waals surface area contributed by atoms with Gasteiger partial charge in [-0.2, -0.15) is 9.12 Å². The zero-order chi connectivity index (χ0) is 12.0. The Morgan fingerprint density at radius 3 is 3.07 bits per heavy atom. The summed E-state index contributed by atoms with van der Waals surface area (Å²) in [6.07, 6.45) is 0.710. The highest BCUT2D eigenvalue weighted by molar-refractivity contribution is 7.67. The summed E-state index contributed by atoms with van der Waals surface area (Å²) in [6, 6.07) is 9.75. The normalized spacial score (nSPS) is 19.0. The quantitative estimate of drug-likeness (QED) is 0.551. The van der Waals surface area contributed by atoms with Crippen molar-refractivity contribution in [2.45, 2.75) is 12.5 Å². The molecular formula is C9H16BNOPSi. The van der Waals surface area contributed by atoms with Crippen LogP contribution in [0.4, 0.5) is 0 Å². The molecule has 1 rings (SSSR count). The first-order valence-electron chi connectivity index (χ1n) is 5.53. The average Bonchev–Trinajstić information content (AvgIpc) is 2.28. The van der Waals surface area contributed by atoms with Gasteiger partial charge in [0, 0.05) is 15.1 Å². The molecule has 0 aliphatic carbocycles. The van der Waals surface area contributed by atoms with Gasteiger partial charge in [0.2, 0.25) is 0 Å². The van der Waals surface area contributed by atoms with Crippen molar-refractivity contribution < 1.29 is 4.43 Å². The number of benzene rings is 1. The first-order chi connectivity index (χ1) is 7.53. The maximum Gasteiger partial charge on any atom is 0.158 e. The molecule has 1 radical (unpaired) electrons. The Kier molecular flexibility index (Phi) is 4.67. The van der Waals surface area contributed by atoms with E-state index in [-0.39, 0.29) is 12.6 Å². The van der Waals surface area contributed by atoms with E-state index in [1.807, 2.05) is 30.3 Å². The Labute approximate surface area is 93.3 Å². The molecule has 0 fully saturated rings. The lowest BCUT2D eigenvalue weighted by atomic mass is 10.1. The Bertz CT molecular complexity index is 318. The molecule has 14 heavy (non-hydrogen) atoms. The van der Waals surface area contributed by atoms with Crippen molar-refractivity contribution in [1.82, 2.24) is 0 Å². The predicted molar refractivity (Wildman–Crippen MR) is 68.1 cm³/mol. The molecule has 0 aromatic heterocycles. The highest BCUT2D eigenvalue weighted by Crippen LogP contribution is 2.01. The van der Waals surface area contributed by atoms with E-state index in [1.54, 1.807) is 0 Å². The average molecular weight is 227 g/mol. The van der Waals surface area contributed by atoms with E-state index in [0.717, 1.165) is 5.56 Å². The fraction of sp³-hybridized carbons (Fsp3) is 0.333. The van der Waals surface area contributed by atoms with Crippen LogP contribution in [0.25, 0.3) is 0 Å². The van der Waals surface area contributed by atoms with E-state index in [9.17, 15) is 0 Å². The molecule has 0 bridgehead atoms. The van der Waals surface area contributed by atoms with E-state index in [0.29, 0.717) is 6.42 Å². The van der Waals surface area contributed by atoms with Crippen LogP contribution in [0.3, 0.4) is 0 Å². The van der Waals surface area contributed by atoms with Crippen LogP contribution in [-0.4, -0.2) is 31.2 Å². The monoisotopic (exact) mass is 227 g/mol. The molecule has 2 unspecified atom stereocenters. The standard InChI is InChI=1S/C9H16BNOPSi/c11-9(7-12-14-10-13)6-8-4-2-1-3-5-8/h1-5,9H,6-7,11,13-14H2/t9-/m0/s1/i14TD/t9-,14?. The largest absolute Gasteiger partial charge is 0.431 e. The predicted octanol–water partition coefficient (Wildman–Crippen LogP) is 0.0661. The third-order valence-electron chi connectivity index (χ3n) is 1.79. The van der Waals surface area contributed by atoms with Gasteiger partial charge in [0.05, 0.1) is 0 Å². The fourth-order valence-corrected chi connectivity index (χ4v) is 1.87. The Balaban J connectivity index is 2.34. The van der Waals surface area contributed by atoms with Crippen LogP contribution >= 0.6 is 9.12 Å². The molecule has 0 aliphatic rings. The molecule has 1 aromatic carbocycles. The zero-order valence-electron chi connectivity index (χ0n) is 10.0. The van der Waals surface area contributed by atoms with Gasteiger partial charge in [0.25, 0.3) is 0 Å². The summed E-state index contributed by atoms with van der Waals surface area (Å²) in [5.74, 6) is 0. The summed E-state index contributed by atoms with van der Waals surface area (Å²) < 4.78 is 20.2. The van der Waals surface area contributed by atoms with E-state index < -0.39 is 9.50 Å². The van der Waals surface area contributed by atoms with Gasteiger partial charge in [-0.3, -0.25) is 0 Å². The van der Waals surface area contributed by atoms with Crippen molar-refractivity contribution in [2.75, 3.05) is 6.61 Å². The van der Waals surface area contributed by atoms with Crippen molar-refractivity contribution in [3.8, 4) is 0 Å². The summed E-state index contributed by atoms with van der Waals surface area (Å²) in [7, 11) is -0.835. The van der Waals surface area contributed by atoms with Crippen LogP contribution < -0.4 is 5.73 Å². The third-order valence-corrected chi connectivity index (χ3v) is 2.67. The van der Waals surface area contributed by atoms with Gasteiger partial charge >= 0.3 is 0 Å². The number of nitrogens with two attached hydrogens (primary N) is 1. The maximum atomic E-state index is 7.50. The van der Waals surface area contributed by atoms with Gasteiger partial charge in [-0.15, -0.1) is 0 Å². The van der Waals surface area contributed by atoms with Crippen LogP contribution in [0.5, 0.6) is 0 Å². The molecule has 75 valence electrons. The van der Waals surface area contributed by atoms with E-state index in [4.69, 9.17) is 12.6 Å². The molecule has 0 spiro atoms. The van der Waals surface area contributed by atoms with Crippen LogP contribution in [0, 0.1) is 0 Å². The second-order valence-electron chi connectivity index (χ2n) is 3.05. The molecule has 3 atom stereocenters. The SMILES string of the molecule is [2H][Si]([3H])([B]P)OC[C@@H](N)Cc1ccccc1. The van der Waals surface area contributed by atoms with Crippen LogP contribution in [-0.2, 0) is 10.8 Å². The summed E-state index contributed by atoms with van der Waals surface area (Å²) >= 11 is 0. The number of hydrogen-bond donors (Lipinski definition) is 1. The molecule has 1 aromatic rings. The first-order valence-corrected chi connectivity index (χ1v) is 6.18. The van der Waals surface area contributed by atoms with Gasteiger partial charge in [0.15, 0.2) is 6.59 Å². The summed E-state index contributed by atoms with van der Waals surface area (Å²) in [6.45, 7) is 1.70. The van der Waals surface area contributed by atoms with Crippen molar-refractivity contribution in [2.24, 2.45) is 5.73 Å². The first kappa shape index (κ1) is 9.10. The minimum absolute atomic E-state index is 0.157. The second-order valence-corrected chi connectivity index (χ2v) is 4.90. The van der Waals surface area contributed by atoms with Gasteiger partial charge in [0.1, 0.15) is 9.50 Å². The molecular weight excluding hydrogens is 208 g/mol. The molecule has 0 aliphatic heterocycles. The molecule has 5 heteroatoms. The van der Waals surface area contributed by atoms with E-state index >= 15 is 0 Å². The Morgan fingerprint density at radius 1 is 1.71 bits per heavy atom. The van der Waals surface area contributed by atoms with Crippen LogP contribution in [0.2, 0.25) is 0 Å². The lowest BCUT2D eigenvalue weighted by molar-refractivity contribution is 0.310. The fourth-order valence-electron chi connectivity index (χ4n) is 1.18. The molecule has 2 N–H and O–H groups in total. The molecule has 2 nitrogen and oxygen atoms in total. The summed E-state index contributed by atoms with van der Waals surface area (Å²) in [4.78, 5) is 0. The van der Waals surface area contributed by atoms with Gasteiger partial charge < -0.3 is 10.2 Å². The minimum Gasteiger partial charge on any atom is -0.431 e. The highest BCUT2D eigenvalue weighted by Gasteiger charge is 2.03. The summed E-state index contributed by atoms with van der Waals surface area (Å²) in [5.41, 5.74) is 7.03. The number of hydrogen-bond acceptors (Lipinski definition) is 2. The lowest BCUT2D eigenvalue weighted by Crippen LogP contribution is -2.29. The Hall–Kier alpha value is -0.148. The molecule has 0 amide bonds. The Morgan fingerprint density at radius 2 is 2.43 bits per heavy atom. The lowest BCUT2D eigenvalue weighted by Gasteiger charge is -2.11. The smallest absolute Gasteiger partial charge is 0.158 e. The van der Waals surface area contributed by atoms with Crippen molar-refractivity contribution in [1.29, 1.82) is 2.47 Å². The minimum atomic E-state index is -3.10. The van der Waals surface area contributed by atoms with Gasteiger partial charge in [-0.25, -0.2) is 0 Å². The van der Waals surface area contributed by atoms with Gasteiger partial charge in [-0.1, -0.05) is 30.3 Å². The van der Waals surface area contributed by atoms with Crippen molar-refractivity contribution >= 4 is 25.2 Å². The van der Waals surface area contributed by atoms with Crippen molar-refractivity contribution in [3.05, 3.63) is 35.9 Å². The molecule has 0 saturated carbocycles. The number of rotatable bonds is 6. The molecule has 0 saturated heterocycles. The molecule has 0 heterocycles. The van der Waals surface area contributed by atoms with Crippen LogP contribution in [0.15, 0.2) is 30.3 Å². The zero-order valence-corrected chi connectivity index (χ0v) is 10.2.